The molecule has 0 aromatic heterocycles. The largest absolute Gasteiger partial charge is 0.479 e. The summed E-state index contributed by atoms with van der Waals surface area (Å²) in [5, 5.41) is 9.24. The predicted molar refractivity (Wildman–Crippen MR) is 58.9 cm³/mol. The smallest absolute Gasteiger partial charge is 0.333 e. The van der Waals surface area contributed by atoms with Crippen molar-refractivity contribution in [2.24, 2.45) is 23.2 Å². The number of ether oxygens (including phenoxy) is 1. The third kappa shape index (κ3) is 1.27. The van der Waals surface area contributed by atoms with Crippen LogP contribution in [0.2, 0.25) is 0 Å². The van der Waals surface area contributed by atoms with Crippen LogP contribution in [0, 0.1) is 23.2 Å². The van der Waals surface area contributed by atoms with E-state index in [2.05, 4.69) is 12.2 Å². The number of carboxylic acid groups (broad SMARTS) is 1. The lowest BCUT2D eigenvalue weighted by Crippen LogP contribution is -2.39. The van der Waals surface area contributed by atoms with Crippen LogP contribution in [0.3, 0.4) is 0 Å². The van der Waals surface area contributed by atoms with Crippen molar-refractivity contribution in [3.05, 3.63) is 12.2 Å². The van der Waals surface area contributed by atoms with Crippen molar-refractivity contribution in [3.8, 4) is 0 Å². The summed E-state index contributed by atoms with van der Waals surface area (Å²) in [6, 6.07) is 0. The van der Waals surface area contributed by atoms with E-state index in [1.807, 2.05) is 0 Å². The van der Waals surface area contributed by atoms with Crippen LogP contribution in [0.1, 0.15) is 25.7 Å². The van der Waals surface area contributed by atoms with E-state index in [1.165, 1.54) is 20.0 Å². The van der Waals surface area contributed by atoms with Crippen molar-refractivity contribution >= 4 is 5.97 Å². The van der Waals surface area contributed by atoms with Crippen molar-refractivity contribution < 1.29 is 14.6 Å². The summed E-state index contributed by atoms with van der Waals surface area (Å²) >= 11 is 0. The fourth-order valence-corrected chi connectivity index (χ4v) is 3.99. The summed E-state index contributed by atoms with van der Waals surface area (Å²) in [7, 11) is 1.53. The Bertz CT molecular complexity index is 343. The van der Waals surface area contributed by atoms with Gasteiger partial charge in [0, 0.05) is 12.5 Å². The number of carbonyl (C=O) groups is 1. The summed E-state index contributed by atoms with van der Waals surface area (Å²) in [5.41, 5.74) is -0.0508. The van der Waals surface area contributed by atoms with Gasteiger partial charge in [0.15, 0.2) is 6.10 Å². The summed E-state index contributed by atoms with van der Waals surface area (Å²) in [6.07, 6.45) is 8.48. The van der Waals surface area contributed by atoms with Crippen molar-refractivity contribution in [2.75, 3.05) is 7.11 Å². The molecule has 2 bridgehead atoms. The average molecular weight is 222 g/mol. The maximum Gasteiger partial charge on any atom is 0.333 e. The number of methoxy groups -OCH3 is 1. The lowest BCUT2D eigenvalue weighted by molar-refractivity contribution is -0.155. The SMILES string of the molecule is COC(C(=O)O)C1(C2CC3C=CC2C3)CC1. The highest BCUT2D eigenvalue weighted by molar-refractivity contribution is 5.74. The van der Waals surface area contributed by atoms with E-state index in [4.69, 9.17) is 4.74 Å². The lowest BCUT2D eigenvalue weighted by atomic mass is 9.76. The number of rotatable bonds is 4. The van der Waals surface area contributed by atoms with E-state index in [0.717, 1.165) is 12.8 Å². The van der Waals surface area contributed by atoms with E-state index < -0.39 is 12.1 Å². The van der Waals surface area contributed by atoms with Gasteiger partial charge in [0.1, 0.15) is 0 Å². The van der Waals surface area contributed by atoms with Crippen molar-refractivity contribution in [1.82, 2.24) is 0 Å². The van der Waals surface area contributed by atoms with Gasteiger partial charge in [0.2, 0.25) is 0 Å². The molecule has 0 amide bonds. The number of hydrogen-bond acceptors (Lipinski definition) is 2. The first-order chi connectivity index (χ1) is 7.67. The molecule has 0 aliphatic heterocycles. The Balaban J connectivity index is 1.83. The first kappa shape index (κ1) is 10.3. The van der Waals surface area contributed by atoms with Crippen LogP contribution in [-0.2, 0) is 9.53 Å². The minimum Gasteiger partial charge on any atom is -0.479 e. The molecular weight excluding hydrogens is 204 g/mol. The van der Waals surface area contributed by atoms with Gasteiger partial charge in [-0.2, -0.15) is 0 Å². The number of hydrogen-bond donors (Lipinski definition) is 1. The zero-order valence-electron chi connectivity index (χ0n) is 9.56. The third-order valence-electron chi connectivity index (χ3n) is 4.83. The van der Waals surface area contributed by atoms with Gasteiger partial charge in [0.05, 0.1) is 0 Å². The van der Waals surface area contributed by atoms with Crippen molar-refractivity contribution in [3.63, 3.8) is 0 Å². The van der Waals surface area contributed by atoms with Gasteiger partial charge in [-0.05, 0) is 43.4 Å². The molecule has 88 valence electrons. The fraction of sp³-hybridized carbons (Fsp3) is 0.769. The highest BCUT2D eigenvalue weighted by atomic mass is 16.5. The molecule has 4 unspecified atom stereocenters. The normalized spacial score (nSPS) is 39.9. The van der Waals surface area contributed by atoms with Gasteiger partial charge in [0.25, 0.3) is 0 Å². The molecule has 4 atom stereocenters. The molecular formula is C13H18O3. The van der Waals surface area contributed by atoms with Crippen LogP contribution in [0.5, 0.6) is 0 Å². The fourth-order valence-electron chi connectivity index (χ4n) is 3.99. The Morgan fingerprint density at radius 2 is 2.19 bits per heavy atom. The van der Waals surface area contributed by atoms with E-state index in [9.17, 15) is 9.90 Å². The van der Waals surface area contributed by atoms with Gasteiger partial charge in [-0.1, -0.05) is 12.2 Å². The standard InChI is InChI=1S/C13H18O3/c1-16-11(12(14)15)13(4-5-13)10-7-8-2-3-9(10)6-8/h2-3,8-11H,4-7H2,1H3,(H,14,15). The second-order valence-electron chi connectivity index (χ2n) is 5.57. The number of aliphatic carboxylic acids is 1. The lowest BCUT2D eigenvalue weighted by Gasteiger charge is -2.32. The minimum atomic E-state index is -0.785. The molecule has 3 nitrogen and oxygen atoms in total. The molecule has 1 N–H and O–H groups in total. The van der Waals surface area contributed by atoms with Crippen LogP contribution >= 0.6 is 0 Å². The van der Waals surface area contributed by atoms with E-state index >= 15 is 0 Å². The van der Waals surface area contributed by atoms with E-state index in [1.54, 1.807) is 0 Å². The first-order valence-electron chi connectivity index (χ1n) is 6.11. The maximum atomic E-state index is 11.2. The summed E-state index contributed by atoms with van der Waals surface area (Å²) in [4.78, 5) is 11.2. The Hall–Kier alpha value is -0.830. The zero-order valence-corrected chi connectivity index (χ0v) is 9.56. The predicted octanol–water partition coefficient (Wildman–Crippen LogP) is 2.08. The van der Waals surface area contributed by atoms with Crippen molar-refractivity contribution in [1.29, 1.82) is 0 Å². The first-order valence-corrected chi connectivity index (χ1v) is 6.11. The third-order valence-corrected chi connectivity index (χ3v) is 4.83. The zero-order chi connectivity index (χ0) is 11.3. The maximum absolute atomic E-state index is 11.2. The van der Waals surface area contributed by atoms with Gasteiger partial charge in [-0.15, -0.1) is 0 Å². The number of allylic oxidation sites excluding steroid dienone is 2. The summed E-state index contributed by atoms with van der Waals surface area (Å²) < 4.78 is 5.24. The number of fused-ring (bicyclic) bond motifs is 2. The molecule has 0 radical (unpaired) electrons. The highest BCUT2D eigenvalue weighted by Gasteiger charge is 2.61. The molecule has 3 aliphatic rings. The molecule has 2 fully saturated rings. The van der Waals surface area contributed by atoms with Gasteiger partial charge in [-0.3, -0.25) is 0 Å². The van der Waals surface area contributed by atoms with Crippen molar-refractivity contribution in [2.45, 2.75) is 31.8 Å². The molecule has 3 heteroatoms. The molecule has 2 saturated carbocycles. The van der Waals surface area contributed by atoms with E-state index in [-0.39, 0.29) is 5.41 Å². The molecule has 16 heavy (non-hydrogen) atoms. The molecule has 3 aliphatic carbocycles. The highest BCUT2D eigenvalue weighted by Crippen LogP contribution is 2.64. The molecule has 0 aromatic rings. The summed E-state index contributed by atoms with van der Waals surface area (Å²) in [6.45, 7) is 0. The Labute approximate surface area is 95.5 Å². The van der Waals surface area contributed by atoms with Crippen LogP contribution in [-0.4, -0.2) is 24.3 Å². The molecule has 3 rings (SSSR count). The van der Waals surface area contributed by atoms with Crippen LogP contribution in [0.4, 0.5) is 0 Å². The van der Waals surface area contributed by atoms with Gasteiger partial charge < -0.3 is 9.84 Å². The van der Waals surface area contributed by atoms with Gasteiger partial charge in [-0.25, -0.2) is 4.79 Å². The van der Waals surface area contributed by atoms with Gasteiger partial charge >= 0.3 is 5.97 Å². The molecule has 0 heterocycles. The number of carboxylic acids is 1. The average Bonchev–Trinajstić information content (AvgIpc) is 2.75. The summed E-state index contributed by atoms with van der Waals surface area (Å²) in [5.74, 6) is 1.08. The van der Waals surface area contributed by atoms with Crippen LogP contribution in [0.15, 0.2) is 12.2 Å². The topological polar surface area (TPSA) is 46.5 Å². The Morgan fingerprint density at radius 1 is 1.44 bits per heavy atom. The second-order valence-corrected chi connectivity index (χ2v) is 5.57. The second kappa shape index (κ2) is 3.33. The molecule has 0 aromatic carbocycles. The molecule has 0 saturated heterocycles. The Morgan fingerprint density at radius 3 is 2.56 bits per heavy atom. The molecule has 0 spiro atoms. The van der Waals surface area contributed by atoms with Crippen LogP contribution < -0.4 is 0 Å². The van der Waals surface area contributed by atoms with Crippen LogP contribution in [0.25, 0.3) is 0 Å². The minimum absolute atomic E-state index is 0.0508. The quantitative estimate of drug-likeness (QED) is 0.741. The Kier molecular flexibility index (Phi) is 2.15. The van der Waals surface area contributed by atoms with E-state index in [0.29, 0.717) is 17.8 Å². The monoisotopic (exact) mass is 222 g/mol.